The second kappa shape index (κ2) is 17.8. The van der Waals surface area contributed by atoms with Crippen molar-refractivity contribution in [2.24, 2.45) is 0 Å². The highest BCUT2D eigenvalue weighted by atomic mass is 127. The van der Waals surface area contributed by atoms with Crippen LogP contribution in [-0.4, -0.2) is 65.0 Å². The molecular weight excluding hydrogens is 864 g/mol. The summed E-state index contributed by atoms with van der Waals surface area (Å²) in [6.45, 7) is 3.25. The van der Waals surface area contributed by atoms with Crippen molar-refractivity contribution >= 4 is 96.5 Å². The van der Waals surface area contributed by atoms with Gasteiger partial charge < -0.3 is 20.4 Å². The number of nitrogens with one attached hydrogen (secondary N) is 2. The first kappa shape index (κ1) is 39.2. The van der Waals surface area contributed by atoms with Crippen molar-refractivity contribution < 1.29 is 14.5 Å². The molecule has 286 valence electrons. The SMILES string of the molecule is O=C(NC1CCN(c2nccc3cc(Cl)ccc23)CC1)c1cccc([N+](=O)[O-])c1.O=C(NC1CCN(c2nccc3cc(Cl)ccc23)CC1)c1ccccc1I. The zero-order chi connectivity index (χ0) is 39.2. The molecule has 4 heterocycles. The smallest absolute Gasteiger partial charge is 0.270 e. The monoisotopic (exact) mass is 901 g/mol. The van der Waals surface area contributed by atoms with E-state index in [1.54, 1.807) is 12.3 Å². The molecule has 0 radical (unpaired) electrons. The van der Waals surface area contributed by atoms with E-state index in [0.717, 1.165) is 99.2 Å². The predicted molar refractivity (Wildman–Crippen MR) is 231 cm³/mol. The summed E-state index contributed by atoms with van der Waals surface area (Å²) >= 11 is 14.4. The topological polar surface area (TPSA) is 134 Å². The summed E-state index contributed by atoms with van der Waals surface area (Å²) in [6, 6.07) is 29.3. The molecule has 56 heavy (non-hydrogen) atoms. The van der Waals surface area contributed by atoms with Crippen molar-refractivity contribution in [1.29, 1.82) is 0 Å². The van der Waals surface area contributed by atoms with E-state index in [2.05, 4.69) is 53.0 Å². The number of anilines is 2. The molecule has 0 unspecified atom stereocenters. The molecule has 6 aromatic rings. The summed E-state index contributed by atoms with van der Waals surface area (Å²) in [5.41, 5.74) is 0.956. The molecular formula is C42H38Cl2IN7O4. The number of nitrogens with zero attached hydrogens (tertiary/aromatic N) is 5. The zero-order valence-electron chi connectivity index (χ0n) is 30.2. The van der Waals surface area contributed by atoms with E-state index >= 15 is 0 Å². The molecule has 0 bridgehead atoms. The maximum absolute atomic E-state index is 12.5. The zero-order valence-corrected chi connectivity index (χ0v) is 33.9. The van der Waals surface area contributed by atoms with Crippen LogP contribution in [0.15, 0.2) is 109 Å². The van der Waals surface area contributed by atoms with Gasteiger partial charge in [-0.2, -0.15) is 0 Å². The number of fused-ring (bicyclic) bond motifs is 2. The maximum atomic E-state index is 12.5. The Morgan fingerprint density at radius 1 is 0.679 bits per heavy atom. The number of nitro benzene ring substituents is 1. The van der Waals surface area contributed by atoms with Crippen LogP contribution >= 0.6 is 45.8 Å². The molecule has 0 aliphatic carbocycles. The number of hydrogen-bond donors (Lipinski definition) is 2. The van der Waals surface area contributed by atoms with Crippen molar-refractivity contribution in [1.82, 2.24) is 20.6 Å². The van der Waals surface area contributed by atoms with Crippen molar-refractivity contribution in [3.63, 3.8) is 0 Å². The number of carbonyl (C=O) groups excluding carboxylic acids is 2. The number of nitro groups is 1. The Bertz CT molecular complexity index is 2400. The largest absolute Gasteiger partial charge is 0.356 e. The first-order valence-electron chi connectivity index (χ1n) is 18.3. The third-order valence-corrected chi connectivity index (χ3v) is 11.5. The van der Waals surface area contributed by atoms with E-state index < -0.39 is 4.92 Å². The molecule has 2 N–H and O–H groups in total. The van der Waals surface area contributed by atoms with Gasteiger partial charge >= 0.3 is 0 Å². The summed E-state index contributed by atoms with van der Waals surface area (Å²) in [4.78, 5) is 49.1. The first-order valence-corrected chi connectivity index (χ1v) is 20.2. The lowest BCUT2D eigenvalue weighted by atomic mass is 10.0. The van der Waals surface area contributed by atoms with Crippen LogP contribution in [0.4, 0.5) is 17.3 Å². The lowest BCUT2D eigenvalue weighted by Gasteiger charge is -2.33. The highest BCUT2D eigenvalue weighted by Crippen LogP contribution is 2.30. The average molecular weight is 903 g/mol. The quantitative estimate of drug-likeness (QED) is 0.0922. The second-order valence-corrected chi connectivity index (χ2v) is 15.8. The minimum Gasteiger partial charge on any atom is -0.356 e. The Hall–Kier alpha value is -5.05. The minimum atomic E-state index is -0.500. The first-order chi connectivity index (χ1) is 27.1. The number of carbonyl (C=O) groups is 2. The van der Waals surface area contributed by atoms with Gasteiger partial charge in [-0.05, 0) is 126 Å². The molecule has 8 rings (SSSR count). The van der Waals surface area contributed by atoms with E-state index in [1.807, 2.05) is 79.0 Å². The van der Waals surface area contributed by atoms with E-state index in [0.29, 0.717) is 10.6 Å². The lowest BCUT2D eigenvalue weighted by molar-refractivity contribution is -0.384. The van der Waals surface area contributed by atoms with Gasteiger partial charge in [0.2, 0.25) is 0 Å². The Balaban J connectivity index is 0.000000172. The standard InChI is InChI=1S/C21H19ClIN3O.C21H19ClN4O3/c22-15-5-6-17-14(13-15)7-10-24-20(17)26-11-8-16(9-12-26)25-21(27)18-3-1-2-4-19(18)23;22-16-4-5-19-14(12-16)6-9-23-20(19)25-10-7-17(8-11-25)24-21(27)15-2-1-3-18(13-15)26(28)29/h1-7,10,13,16H,8-9,11-12H2,(H,25,27);1-6,9,12-13,17H,7-8,10-11H2,(H,24,27). The van der Waals surface area contributed by atoms with Gasteiger partial charge in [0.25, 0.3) is 17.5 Å². The molecule has 2 saturated heterocycles. The molecule has 2 fully saturated rings. The third kappa shape index (κ3) is 9.31. The number of halogens is 3. The number of non-ortho nitro benzene ring substituents is 1. The molecule has 2 aliphatic heterocycles. The predicted octanol–water partition coefficient (Wildman–Crippen LogP) is 9.09. The van der Waals surface area contributed by atoms with E-state index in [4.69, 9.17) is 23.2 Å². The Morgan fingerprint density at radius 2 is 1.20 bits per heavy atom. The van der Waals surface area contributed by atoms with E-state index in [1.165, 1.54) is 18.2 Å². The molecule has 14 heteroatoms. The van der Waals surface area contributed by atoms with Crippen LogP contribution in [0.1, 0.15) is 46.4 Å². The fourth-order valence-corrected chi connectivity index (χ4v) is 8.17. The molecule has 11 nitrogen and oxygen atoms in total. The lowest BCUT2D eigenvalue weighted by Crippen LogP contribution is -2.45. The fraction of sp³-hybridized carbons (Fsp3) is 0.238. The number of piperidine rings is 2. The van der Waals surface area contributed by atoms with Gasteiger partial charge in [0.05, 0.1) is 10.5 Å². The third-order valence-electron chi connectivity index (χ3n) is 10.1. The van der Waals surface area contributed by atoms with Crippen molar-refractivity contribution in [3.05, 3.63) is 144 Å². The summed E-state index contributed by atoms with van der Waals surface area (Å²) in [5.74, 6) is 1.63. The van der Waals surface area contributed by atoms with Gasteiger partial charge in [-0.1, -0.05) is 41.4 Å². The van der Waals surface area contributed by atoms with Gasteiger partial charge in [0.1, 0.15) is 11.6 Å². The molecule has 4 aromatic carbocycles. The summed E-state index contributed by atoms with van der Waals surface area (Å²) in [7, 11) is 0. The highest BCUT2D eigenvalue weighted by molar-refractivity contribution is 14.1. The van der Waals surface area contributed by atoms with Crippen LogP contribution in [-0.2, 0) is 0 Å². The summed E-state index contributed by atoms with van der Waals surface area (Å²) < 4.78 is 0.976. The molecule has 2 aromatic heterocycles. The Morgan fingerprint density at radius 3 is 1.71 bits per heavy atom. The van der Waals surface area contributed by atoms with Gasteiger partial charge in [-0.3, -0.25) is 19.7 Å². The van der Waals surface area contributed by atoms with Gasteiger partial charge in [-0.25, -0.2) is 9.97 Å². The number of benzene rings is 4. The molecule has 2 amide bonds. The molecule has 0 atom stereocenters. The van der Waals surface area contributed by atoms with Crippen LogP contribution in [0.5, 0.6) is 0 Å². The highest BCUT2D eigenvalue weighted by Gasteiger charge is 2.25. The van der Waals surface area contributed by atoms with Crippen LogP contribution < -0.4 is 20.4 Å². The summed E-state index contributed by atoms with van der Waals surface area (Å²) in [5, 5.41) is 22.8. The Kier molecular flexibility index (Phi) is 12.5. The molecule has 2 aliphatic rings. The summed E-state index contributed by atoms with van der Waals surface area (Å²) in [6.07, 6.45) is 6.96. The van der Waals surface area contributed by atoms with Gasteiger partial charge in [0.15, 0.2) is 0 Å². The van der Waals surface area contributed by atoms with Crippen LogP contribution in [0.2, 0.25) is 10.0 Å². The number of amides is 2. The van der Waals surface area contributed by atoms with Crippen molar-refractivity contribution in [2.75, 3.05) is 36.0 Å². The maximum Gasteiger partial charge on any atom is 0.270 e. The second-order valence-electron chi connectivity index (χ2n) is 13.8. The molecule has 0 saturated carbocycles. The average Bonchev–Trinajstić information content (AvgIpc) is 3.21. The van der Waals surface area contributed by atoms with Crippen LogP contribution in [0.3, 0.4) is 0 Å². The molecule has 0 spiro atoms. The fourth-order valence-electron chi connectivity index (χ4n) is 7.18. The number of hydrogen-bond acceptors (Lipinski definition) is 8. The van der Waals surface area contributed by atoms with Crippen molar-refractivity contribution in [2.45, 2.75) is 37.8 Å². The van der Waals surface area contributed by atoms with Crippen molar-refractivity contribution in [3.8, 4) is 0 Å². The van der Waals surface area contributed by atoms with Gasteiger partial charge in [-0.15, -0.1) is 0 Å². The van der Waals surface area contributed by atoms with E-state index in [9.17, 15) is 19.7 Å². The van der Waals surface area contributed by atoms with Crippen LogP contribution in [0, 0.1) is 13.7 Å². The minimum absolute atomic E-state index is 0.0105. The number of aromatic nitrogens is 2. The number of rotatable bonds is 7. The normalized spacial score (nSPS) is 14.9. The van der Waals surface area contributed by atoms with Gasteiger partial charge in [0, 0.05) is 92.7 Å². The Labute approximate surface area is 347 Å². The van der Waals surface area contributed by atoms with E-state index in [-0.39, 0.29) is 29.6 Å². The number of pyridine rings is 2. The van der Waals surface area contributed by atoms with Crippen LogP contribution in [0.25, 0.3) is 21.5 Å².